The fourth-order valence-corrected chi connectivity index (χ4v) is 3.97. The van der Waals surface area contributed by atoms with Crippen molar-refractivity contribution in [3.63, 3.8) is 0 Å². The number of benzene rings is 2. The molecule has 0 saturated heterocycles. The van der Waals surface area contributed by atoms with Crippen molar-refractivity contribution in [2.24, 2.45) is 0 Å². The molecule has 152 valence electrons. The first-order chi connectivity index (χ1) is 14.7. The van der Waals surface area contributed by atoms with E-state index in [2.05, 4.69) is 26.7 Å². The number of aromatic nitrogens is 2. The van der Waals surface area contributed by atoms with Crippen LogP contribution >= 0.6 is 11.3 Å². The maximum absolute atomic E-state index is 12.4. The Kier molecular flexibility index (Phi) is 6.20. The molecule has 0 bridgehead atoms. The Labute approximate surface area is 178 Å². The number of nitrogens with one attached hydrogen (secondary N) is 3. The lowest BCUT2D eigenvalue weighted by Gasteiger charge is -2.03. The number of rotatable bonds is 8. The molecule has 0 atom stereocenters. The van der Waals surface area contributed by atoms with E-state index in [0.29, 0.717) is 30.2 Å². The minimum absolute atomic E-state index is 0.112. The second kappa shape index (κ2) is 9.37. The van der Waals surface area contributed by atoms with E-state index in [4.69, 9.17) is 0 Å². The third-order valence-corrected chi connectivity index (χ3v) is 5.58. The Morgan fingerprint density at radius 1 is 1.00 bits per heavy atom. The van der Waals surface area contributed by atoms with Crippen LogP contribution in [0.1, 0.15) is 28.0 Å². The summed E-state index contributed by atoms with van der Waals surface area (Å²) in [5, 5.41) is 8.93. The maximum atomic E-state index is 12.4. The van der Waals surface area contributed by atoms with E-state index >= 15 is 0 Å². The molecule has 4 rings (SSSR count). The Morgan fingerprint density at radius 3 is 2.67 bits per heavy atom. The first-order valence-electron chi connectivity index (χ1n) is 9.81. The van der Waals surface area contributed by atoms with Crippen LogP contribution in [0.3, 0.4) is 0 Å². The zero-order chi connectivity index (χ0) is 20.8. The second-order valence-electron chi connectivity index (χ2n) is 6.94. The van der Waals surface area contributed by atoms with E-state index in [1.165, 1.54) is 16.7 Å². The molecule has 0 saturated carbocycles. The summed E-state index contributed by atoms with van der Waals surface area (Å²) >= 11 is 1.25. The lowest BCUT2D eigenvalue weighted by Crippen LogP contribution is -2.26. The average Bonchev–Trinajstić information content (AvgIpc) is 3.40. The number of carbonyl (C=O) groups is 2. The fraction of sp³-hybridized carbons (Fsp3) is 0.174. The summed E-state index contributed by atoms with van der Waals surface area (Å²) in [7, 11) is 0. The third kappa shape index (κ3) is 4.93. The predicted octanol–water partition coefficient (Wildman–Crippen LogP) is 4.17. The molecule has 0 fully saturated rings. The van der Waals surface area contributed by atoms with Crippen LogP contribution in [0.2, 0.25) is 0 Å². The van der Waals surface area contributed by atoms with Gasteiger partial charge in [0.1, 0.15) is 5.69 Å². The van der Waals surface area contributed by atoms with Gasteiger partial charge >= 0.3 is 0 Å². The second-order valence-corrected chi connectivity index (χ2v) is 7.80. The lowest BCUT2D eigenvalue weighted by molar-refractivity contribution is -0.116. The van der Waals surface area contributed by atoms with Crippen LogP contribution in [0.4, 0.5) is 5.13 Å². The highest BCUT2D eigenvalue weighted by Crippen LogP contribution is 2.18. The van der Waals surface area contributed by atoms with E-state index in [-0.39, 0.29) is 11.8 Å². The van der Waals surface area contributed by atoms with Crippen LogP contribution in [0.15, 0.2) is 66.2 Å². The minimum Gasteiger partial charge on any atom is -0.361 e. The SMILES string of the molecule is O=C(CCc1ccccc1)Nc1nc(C(=O)NCCc2c[nH]c3ccccc23)cs1. The van der Waals surface area contributed by atoms with Gasteiger partial charge in [0.25, 0.3) is 5.91 Å². The van der Waals surface area contributed by atoms with Gasteiger partial charge in [-0.1, -0.05) is 48.5 Å². The number of hydrogen-bond donors (Lipinski definition) is 3. The molecule has 0 aliphatic rings. The third-order valence-electron chi connectivity index (χ3n) is 4.82. The number of amides is 2. The van der Waals surface area contributed by atoms with Crippen LogP contribution < -0.4 is 10.6 Å². The number of thiazole rings is 1. The molecule has 2 aromatic heterocycles. The Bertz CT molecular complexity index is 1150. The van der Waals surface area contributed by atoms with Crippen molar-refractivity contribution in [1.82, 2.24) is 15.3 Å². The molecular weight excluding hydrogens is 396 g/mol. The van der Waals surface area contributed by atoms with Gasteiger partial charge in [-0.15, -0.1) is 11.3 Å². The molecule has 6 nitrogen and oxygen atoms in total. The van der Waals surface area contributed by atoms with Gasteiger partial charge in [-0.3, -0.25) is 9.59 Å². The van der Waals surface area contributed by atoms with Gasteiger partial charge < -0.3 is 15.6 Å². The number of aromatic amines is 1. The number of H-pyrrole nitrogens is 1. The molecule has 0 radical (unpaired) electrons. The van der Waals surface area contributed by atoms with Crippen molar-refractivity contribution in [1.29, 1.82) is 0 Å². The summed E-state index contributed by atoms with van der Waals surface area (Å²) in [5.41, 5.74) is 3.68. The van der Waals surface area contributed by atoms with Crippen LogP contribution in [0.5, 0.6) is 0 Å². The lowest BCUT2D eigenvalue weighted by atomic mass is 10.1. The zero-order valence-corrected chi connectivity index (χ0v) is 17.2. The van der Waals surface area contributed by atoms with Gasteiger partial charge in [0.05, 0.1) is 0 Å². The number of para-hydroxylation sites is 1. The van der Waals surface area contributed by atoms with Crippen molar-refractivity contribution in [2.75, 3.05) is 11.9 Å². The number of carbonyl (C=O) groups excluding carboxylic acids is 2. The molecule has 30 heavy (non-hydrogen) atoms. The van der Waals surface area contributed by atoms with Crippen molar-refractivity contribution < 1.29 is 9.59 Å². The van der Waals surface area contributed by atoms with Gasteiger partial charge in [-0.05, 0) is 30.0 Å². The highest BCUT2D eigenvalue weighted by molar-refractivity contribution is 7.14. The summed E-state index contributed by atoms with van der Waals surface area (Å²) in [4.78, 5) is 32.0. The minimum atomic E-state index is -0.240. The first-order valence-corrected chi connectivity index (χ1v) is 10.7. The van der Waals surface area contributed by atoms with Gasteiger partial charge in [-0.2, -0.15) is 0 Å². The average molecular weight is 419 g/mol. The van der Waals surface area contributed by atoms with Crippen LogP contribution in [-0.4, -0.2) is 28.3 Å². The number of anilines is 1. The van der Waals surface area contributed by atoms with Crippen molar-refractivity contribution >= 4 is 39.2 Å². The summed E-state index contributed by atoms with van der Waals surface area (Å²) in [6.45, 7) is 0.511. The Balaban J connectivity index is 1.25. The Hall–Kier alpha value is -3.45. The fourth-order valence-electron chi connectivity index (χ4n) is 3.26. The smallest absolute Gasteiger partial charge is 0.270 e. The van der Waals surface area contributed by atoms with E-state index in [9.17, 15) is 9.59 Å². The quantitative estimate of drug-likeness (QED) is 0.401. The maximum Gasteiger partial charge on any atom is 0.270 e. The molecule has 0 spiro atoms. The Morgan fingerprint density at radius 2 is 1.80 bits per heavy atom. The zero-order valence-electron chi connectivity index (χ0n) is 16.4. The normalized spacial score (nSPS) is 10.8. The van der Waals surface area contributed by atoms with Crippen LogP contribution in [-0.2, 0) is 17.6 Å². The standard InChI is InChI=1S/C23H22N4O2S/c28-21(11-10-16-6-2-1-3-7-16)27-23-26-20(15-30-23)22(29)24-13-12-17-14-25-19-9-5-4-8-18(17)19/h1-9,14-15,25H,10-13H2,(H,24,29)(H,26,27,28). The van der Waals surface area contributed by atoms with Crippen molar-refractivity contribution in [2.45, 2.75) is 19.3 Å². The molecule has 2 aromatic carbocycles. The van der Waals surface area contributed by atoms with Gasteiger partial charge in [-0.25, -0.2) is 4.98 Å². The predicted molar refractivity (Wildman–Crippen MR) is 120 cm³/mol. The summed E-state index contributed by atoms with van der Waals surface area (Å²) in [6.07, 6.45) is 3.74. The van der Waals surface area contributed by atoms with E-state index in [1.54, 1.807) is 5.38 Å². The molecule has 2 amide bonds. The van der Waals surface area contributed by atoms with Gasteiger partial charge in [0.15, 0.2) is 5.13 Å². The molecular formula is C23H22N4O2S. The topological polar surface area (TPSA) is 86.9 Å². The van der Waals surface area contributed by atoms with Crippen LogP contribution in [0.25, 0.3) is 10.9 Å². The largest absolute Gasteiger partial charge is 0.361 e. The number of fused-ring (bicyclic) bond motifs is 1. The van der Waals surface area contributed by atoms with E-state index in [0.717, 1.165) is 23.1 Å². The molecule has 4 aromatic rings. The molecule has 7 heteroatoms. The molecule has 0 aliphatic heterocycles. The van der Waals surface area contributed by atoms with Crippen molar-refractivity contribution in [3.05, 3.63) is 83.0 Å². The summed E-state index contributed by atoms with van der Waals surface area (Å²) in [5.74, 6) is -0.352. The number of aryl methyl sites for hydroxylation is 1. The summed E-state index contributed by atoms with van der Waals surface area (Å²) < 4.78 is 0. The number of hydrogen-bond acceptors (Lipinski definition) is 4. The highest BCUT2D eigenvalue weighted by Gasteiger charge is 2.13. The van der Waals surface area contributed by atoms with Gasteiger partial charge in [0, 0.05) is 35.4 Å². The van der Waals surface area contributed by atoms with E-state index < -0.39 is 0 Å². The van der Waals surface area contributed by atoms with Gasteiger partial charge in [0.2, 0.25) is 5.91 Å². The monoisotopic (exact) mass is 418 g/mol. The van der Waals surface area contributed by atoms with Crippen LogP contribution in [0, 0.1) is 0 Å². The summed E-state index contributed by atoms with van der Waals surface area (Å²) in [6, 6.07) is 17.9. The molecule has 2 heterocycles. The molecule has 0 aliphatic carbocycles. The first kappa shape index (κ1) is 19.8. The molecule has 3 N–H and O–H groups in total. The van der Waals surface area contributed by atoms with E-state index in [1.807, 2.05) is 54.7 Å². The number of nitrogens with zero attached hydrogens (tertiary/aromatic N) is 1. The highest BCUT2D eigenvalue weighted by atomic mass is 32.1. The molecule has 0 unspecified atom stereocenters. The van der Waals surface area contributed by atoms with Crippen molar-refractivity contribution in [3.8, 4) is 0 Å².